The minimum absolute atomic E-state index is 0.554. The van der Waals surface area contributed by atoms with E-state index < -0.39 is 0 Å². The number of hydrogen-bond acceptors (Lipinski definition) is 4. The van der Waals surface area contributed by atoms with Gasteiger partial charge in [-0.1, -0.05) is 56.6 Å². The predicted octanol–water partition coefficient (Wildman–Crippen LogP) is 5.54. The predicted molar refractivity (Wildman–Crippen MR) is 111 cm³/mol. The maximum absolute atomic E-state index is 6.30. The summed E-state index contributed by atoms with van der Waals surface area (Å²) in [5.74, 6) is 1.26. The molecule has 0 unspecified atom stereocenters. The van der Waals surface area contributed by atoms with E-state index in [4.69, 9.17) is 26.8 Å². The van der Waals surface area contributed by atoms with Crippen LogP contribution in [-0.2, 0) is 0 Å². The summed E-state index contributed by atoms with van der Waals surface area (Å²) in [4.78, 5) is 0. The Balaban J connectivity index is 0.000000758. The number of ether oxygens (including phenoxy) is 2. The van der Waals surface area contributed by atoms with Gasteiger partial charge in [0.2, 0.25) is 0 Å². The van der Waals surface area contributed by atoms with Crippen molar-refractivity contribution in [2.45, 2.75) is 20.3 Å². The second kappa shape index (κ2) is 8.68. The number of hydrogen-bond donors (Lipinski definition) is 2. The van der Waals surface area contributed by atoms with E-state index in [1.54, 1.807) is 14.2 Å². The van der Waals surface area contributed by atoms with Gasteiger partial charge < -0.3 is 20.5 Å². The smallest absolute Gasteiger partial charge is 0.162 e. The van der Waals surface area contributed by atoms with Crippen molar-refractivity contribution in [3.8, 4) is 11.5 Å². The van der Waals surface area contributed by atoms with Gasteiger partial charge in [0.1, 0.15) is 0 Å². The van der Waals surface area contributed by atoms with Crippen molar-refractivity contribution in [1.29, 1.82) is 0 Å². The largest absolute Gasteiger partial charge is 0.493 e. The Morgan fingerprint density at radius 3 is 2.19 bits per heavy atom. The molecule has 138 valence electrons. The molecular formula is C21H25ClN2O2. The van der Waals surface area contributed by atoms with Gasteiger partial charge in [-0.05, 0) is 12.1 Å². The van der Waals surface area contributed by atoms with Gasteiger partial charge in [-0.15, -0.1) is 0 Å². The average molecular weight is 373 g/mol. The van der Waals surface area contributed by atoms with Crippen LogP contribution in [-0.4, -0.2) is 14.2 Å². The van der Waals surface area contributed by atoms with Crippen LogP contribution in [0, 0.1) is 0 Å². The van der Waals surface area contributed by atoms with Gasteiger partial charge in [-0.3, -0.25) is 0 Å². The van der Waals surface area contributed by atoms with E-state index in [1.807, 2.05) is 36.4 Å². The highest BCUT2D eigenvalue weighted by molar-refractivity contribution is 6.32. The third kappa shape index (κ3) is 3.81. The van der Waals surface area contributed by atoms with Crippen LogP contribution in [0.5, 0.6) is 11.5 Å². The standard InChI is InChI=1S/C18H17ClN2O2.C3H8/c1-10-12-8-15(22-2)16(23-3)9-14(12)21-18(17(10)20)11-6-4-5-7-13(11)19;1-3-2/h4-9,21H,1,20H2,2-3H3;3H2,1-2H3. The first-order chi connectivity index (χ1) is 12.5. The van der Waals surface area contributed by atoms with Crippen LogP contribution >= 0.6 is 11.6 Å². The van der Waals surface area contributed by atoms with Crippen molar-refractivity contribution in [2.24, 2.45) is 5.73 Å². The monoisotopic (exact) mass is 372 g/mol. The SMILES string of the molecule is C=C1C(N)=C(c2ccccc2Cl)Nc2cc(OC)c(OC)cc21.CCC. The van der Waals surface area contributed by atoms with E-state index in [0.29, 0.717) is 22.2 Å². The van der Waals surface area contributed by atoms with Crippen LogP contribution in [0.4, 0.5) is 5.69 Å². The lowest BCUT2D eigenvalue weighted by molar-refractivity contribution is 0.355. The van der Waals surface area contributed by atoms with E-state index in [0.717, 1.165) is 28.1 Å². The van der Waals surface area contributed by atoms with Crippen LogP contribution in [0.1, 0.15) is 31.4 Å². The molecule has 2 aromatic carbocycles. The number of anilines is 1. The van der Waals surface area contributed by atoms with Gasteiger partial charge in [0, 0.05) is 27.8 Å². The summed E-state index contributed by atoms with van der Waals surface area (Å²) in [5.41, 5.74) is 10.8. The maximum Gasteiger partial charge on any atom is 0.162 e. The first-order valence-electron chi connectivity index (χ1n) is 8.45. The lowest BCUT2D eigenvalue weighted by atomic mass is 9.94. The molecule has 0 atom stereocenters. The zero-order chi connectivity index (χ0) is 19.3. The second-order valence-electron chi connectivity index (χ2n) is 5.83. The molecule has 0 aromatic heterocycles. The van der Waals surface area contributed by atoms with Crippen LogP contribution in [0.2, 0.25) is 5.02 Å². The van der Waals surface area contributed by atoms with E-state index >= 15 is 0 Å². The lowest BCUT2D eigenvalue weighted by Gasteiger charge is -2.26. The molecule has 4 nitrogen and oxygen atoms in total. The lowest BCUT2D eigenvalue weighted by Crippen LogP contribution is -2.17. The number of halogens is 1. The van der Waals surface area contributed by atoms with Crippen molar-refractivity contribution in [3.05, 3.63) is 64.8 Å². The van der Waals surface area contributed by atoms with Crippen molar-refractivity contribution in [1.82, 2.24) is 0 Å². The Kier molecular flexibility index (Phi) is 6.58. The molecule has 26 heavy (non-hydrogen) atoms. The van der Waals surface area contributed by atoms with Gasteiger partial charge >= 0.3 is 0 Å². The molecule has 3 rings (SSSR count). The first kappa shape index (κ1) is 19.7. The van der Waals surface area contributed by atoms with Crippen LogP contribution in [0.3, 0.4) is 0 Å². The number of nitrogens with two attached hydrogens (primary N) is 1. The van der Waals surface area contributed by atoms with Crippen LogP contribution < -0.4 is 20.5 Å². The molecule has 5 heteroatoms. The molecule has 1 aliphatic rings. The second-order valence-corrected chi connectivity index (χ2v) is 6.24. The van der Waals surface area contributed by atoms with Gasteiger partial charge in [0.15, 0.2) is 11.5 Å². The van der Waals surface area contributed by atoms with Crippen LogP contribution in [0.15, 0.2) is 48.7 Å². The van der Waals surface area contributed by atoms with Crippen molar-refractivity contribution in [2.75, 3.05) is 19.5 Å². The number of fused-ring (bicyclic) bond motifs is 1. The molecule has 0 radical (unpaired) electrons. The fourth-order valence-corrected chi connectivity index (χ4v) is 2.84. The molecule has 0 spiro atoms. The third-order valence-corrected chi connectivity index (χ3v) is 4.18. The van der Waals surface area contributed by atoms with Gasteiger partial charge in [-0.2, -0.15) is 0 Å². The number of rotatable bonds is 3. The number of benzene rings is 2. The minimum Gasteiger partial charge on any atom is -0.493 e. The minimum atomic E-state index is 0.554. The van der Waals surface area contributed by atoms with Gasteiger partial charge in [-0.25, -0.2) is 0 Å². The van der Waals surface area contributed by atoms with Crippen LogP contribution in [0.25, 0.3) is 11.3 Å². The van der Waals surface area contributed by atoms with E-state index in [2.05, 4.69) is 25.7 Å². The quantitative estimate of drug-likeness (QED) is 0.742. The zero-order valence-electron chi connectivity index (χ0n) is 15.7. The summed E-state index contributed by atoms with van der Waals surface area (Å²) < 4.78 is 10.7. The zero-order valence-corrected chi connectivity index (χ0v) is 16.4. The van der Waals surface area contributed by atoms with Crippen molar-refractivity contribution < 1.29 is 9.47 Å². The molecule has 0 saturated heterocycles. The Morgan fingerprint density at radius 1 is 1.04 bits per heavy atom. The van der Waals surface area contributed by atoms with Crippen molar-refractivity contribution >= 4 is 28.6 Å². The average Bonchev–Trinajstić information content (AvgIpc) is 2.65. The van der Waals surface area contributed by atoms with Crippen molar-refractivity contribution in [3.63, 3.8) is 0 Å². The Hall–Kier alpha value is -2.59. The molecule has 0 saturated carbocycles. The summed E-state index contributed by atoms with van der Waals surface area (Å²) in [7, 11) is 3.19. The normalized spacial score (nSPS) is 12.6. The molecule has 0 bridgehead atoms. The highest BCUT2D eigenvalue weighted by Gasteiger charge is 2.24. The van der Waals surface area contributed by atoms with E-state index in [1.165, 1.54) is 6.42 Å². The Bertz CT molecular complexity index is 844. The van der Waals surface area contributed by atoms with Gasteiger partial charge in [0.05, 0.1) is 31.3 Å². The maximum atomic E-state index is 6.30. The topological polar surface area (TPSA) is 56.5 Å². The molecule has 0 amide bonds. The summed E-state index contributed by atoms with van der Waals surface area (Å²) in [6.07, 6.45) is 1.25. The number of methoxy groups -OCH3 is 2. The number of nitrogens with one attached hydrogen (secondary N) is 1. The molecule has 0 fully saturated rings. The molecular weight excluding hydrogens is 348 g/mol. The first-order valence-corrected chi connectivity index (χ1v) is 8.83. The van der Waals surface area contributed by atoms with E-state index in [9.17, 15) is 0 Å². The fourth-order valence-electron chi connectivity index (χ4n) is 2.61. The highest BCUT2D eigenvalue weighted by Crippen LogP contribution is 2.43. The summed E-state index contributed by atoms with van der Waals surface area (Å²) >= 11 is 6.30. The Labute approximate surface area is 160 Å². The fraction of sp³-hybridized carbons (Fsp3) is 0.238. The molecule has 1 aliphatic heterocycles. The molecule has 0 aliphatic carbocycles. The Morgan fingerprint density at radius 2 is 1.62 bits per heavy atom. The molecule has 2 aromatic rings. The summed E-state index contributed by atoms with van der Waals surface area (Å²) in [5, 5.41) is 3.95. The summed E-state index contributed by atoms with van der Waals surface area (Å²) in [6, 6.07) is 11.3. The third-order valence-electron chi connectivity index (χ3n) is 3.85. The summed E-state index contributed by atoms with van der Waals surface area (Å²) in [6.45, 7) is 8.36. The van der Waals surface area contributed by atoms with E-state index in [-0.39, 0.29) is 0 Å². The molecule has 3 N–H and O–H groups in total. The van der Waals surface area contributed by atoms with Gasteiger partial charge in [0.25, 0.3) is 0 Å². The highest BCUT2D eigenvalue weighted by atomic mass is 35.5. The molecule has 1 heterocycles. The number of allylic oxidation sites excluding steroid dienone is 1.